The monoisotopic (exact) mass is 254 g/mol. The van der Waals surface area contributed by atoms with Gasteiger partial charge in [-0.2, -0.15) is 0 Å². The van der Waals surface area contributed by atoms with Gasteiger partial charge in [0.2, 0.25) is 0 Å². The maximum Gasteiger partial charge on any atom is 0.123 e. The fourth-order valence-corrected chi connectivity index (χ4v) is 2.04. The van der Waals surface area contributed by atoms with Gasteiger partial charge in [-0.3, -0.25) is 4.90 Å². The third kappa shape index (κ3) is 3.66. The number of hydrogen-bond acceptors (Lipinski definition) is 4. The molecule has 100 valence electrons. The quantitative estimate of drug-likeness (QED) is 0.802. The summed E-state index contributed by atoms with van der Waals surface area (Å²) in [6.45, 7) is 4.19. The number of aliphatic hydroxyl groups is 1. The van der Waals surface area contributed by atoms with E-state index in [4.69, 9.17) is 4.74 Å². The Labute approximate surface area is 106 Å². The van der Waals surface area contributed by atoms with Crippen molar-refractivity contribution in [2.45, 2.75) is 6.04 Å². The molecule has 1 fully saturated rings. The zero-order valence-electron chi connectivity index (χ0n) is 10.3. The predicted octanol–water partition coefficient (Wildman–Crippen LogP) is 0.471. The van der Waals surface area contributed by atoms with E-state index in [-0.39, 0.29) is 18.5 Å². The Morgan fingerprint density at radius 1 is 1.28 bits per heavy atom. The topological polar surface area (TPSA) is 44.7 Å². The molecule has 0 aromatic heterocycles. The molecule has 4 nitrogen and oxygen atoms in total. The van der Waals surface area contributed by atoms with Crippen LogP contribution < -0.4 is 10.1 Å². The van der Waals surface area contributed by atoms with Crippen LogP contribution in [0.3, 0.4) is 0 Å². The Kier molecular flexibility index (Phi) is 4.92. The molecule has 1 atom stereocenters. The van der Waals surface area contributed by atoms with Crippen LogP contribution in [0.25, 0.3) is 0 Å². The van der Waals surface area contributed by atoms with E-state index in [1.54, 1.807) is 12.1 Å². The first-order chi connectivity index (χ1) is 8.79. The van der Waals surface area contributed by atoms with Gasteiger partial charge in [-0.1, -0.05) is 0 Å². The predicted molar refractivity (Wildman–Crippen MR) is 67.2 cm³/mol. The van der Waals surface area contributed by atoms with Gasteiger partial charge in [0.05, 0.1) is 12.6 Å². The molecule has 5 heteroatoms. The highest BCUT2D eigenvalue weighted by atomic mass is 19.1. The average Bonchev–Trinajstić information content (AvgIpc) is 2.43. The first kappa shape index (κ1) is 13.3. The van der Waals surface area contributed by atoms with Crippen molar-refractivity contribution in [3.05, 3.63) is 30.1 Å². The summed E-state index contributed by atoms with van der Waals surface area (Å²) in [4.78, 5) is 2.21. The minimum atomic E-state index is -0.275. The van der Waals surface area contributed by atoms with E-state index < -0.39 is 0 Å². The molecule has 2 N–H and O–H groups in total. The molecule has 0 radical (unpaired) electrons. The number of hydrogen-bond donors (Lipinski definition) is 2. The lowest BCUT2D eigenvalue weighted by atomic mass is 10.2. The van der Waals surface area contributed by atoms with E-state index in [2.05, 4.69) is 10.2 Å². The van der Waals surface area contributed by atoms with Crippen LogP contribution in [0.15, 0.2) is 24.3 Å². The SMILES string of the molecule is OCC(COc1ccc(F)cc1)N1CCNCC1. The number of ether oxygens (including phenoxy) is 1. The van der Waals surface area contributed by atoms with Crippen LogP contribution in [-0.4, -0.2) is 55.4 Å². The number of piperazine rings is 1. The standard InChI is InChI=1S/C13H19FN2O2/c14-11-1-3-13(4-2-11)18-10-12(9-17)16-7-5-15-6-8-16/h1-4,12,15,17H,5-10H2. The lowest BCUT2D eigenvalue weighted by Crippen LogP contribution is -2.51. The molecule has 1 saturated heterocycles. The molecule has 0 aliphatic carbocycles. The second-order valence-corrected chi connectivity index (χ2v) is 4.39. The molecule has 0 amide bonds. The van der Waals surface area contributed by atoms with E-state index in [0.717, 1.165) is 26.2 Å². The summed E-state index contributed by atoms with van der Waals surface area (Å²) < 4.78 is 18.3. The highest BCUT2D eigenvalue weighted by molar-refractivity contribution is 5.22. The van der Waals surface area contributed by atoms with Crippen LogP contribution in [0.2, 0.25) is 0 Å². The van der Waals surface area contributed by atoms with Crippen LogP contribution in [0, 0.1) is 5.82 Å². The first-order valence-electron chi connectivity index (χ1n) is 6.23. The molecule has 1 heterocycles. The van der Waals surface area contributed by atoms with Crippen molar-refractivity contribution in [2.75, 3.05) is 39.4 Å². The molecular weight excluding hydrogens is 235 g/mol. The minimum Gasteiger partial charge on any atom is -0.492 e. The van der Waals surface area contributed by atoms with Crippen molar-refractivity contribution >= 4 is 0 Å². The highest BCUT2D eigenvalue weighted by Crippen LogP contribution is 2.12. The molecule has 18 heavy (non-hydrogen) atoms. The average molecular weight is 254 g/mol. The number of benzene rings is 1. The number of halogens is 1. The summed E-state index contributed by atoms with van der Waals surface area (Å²) >= 11 is 0. The van der Waals surface area contributed by atoms with Crippen LogP contribution in [0.5, 0.6) is 5.75 Å². The lowest BCUT2D eigenvalue weighted by molar-refractivity contribution is 0.0734. The lowest BCUT2D eigenvalue weighted by Gasteiger charge is -2.33. The highest BCUT2D eigenvalue weighted by Gasteiger charge is 2.20. The van der Waals surface area contributed by atoms with Crippen molar-refractivity contribution in [1.82, 2.24) is 10.2 Å². The van der Waals surface area contributed by atoms with Gasteiger partial charge in [-0.25, -0.2) is 4.39 Å². The normalized spacial score (nSPS) is 18.6. The van der Waals surface area contributed by atoms with Crippen molar-refractivity contribution < 1.29 is 14.2 Å². The summed E-state index contributed by atoms with van der Waals surface area (Å²) in [5.74, 6) is 0.355. The van der Waals surface area contributed by atoms with Crippen molar-refractivity contribution in [1.29, 1.82) is 0 Å². The van der Waals surface area contributed by atoms with Gasteiger partial charge in [0, 0.05) is 26.2 Å². The largest absolute Gasteiger partial charge is 0.492 e. The van der Waals surface area contributed by atoms with Crippen LogP contribution in [-0.2, 0) is 0 Å². The van der Waals surface area contributed by atoms with Gasteiger partial charge in [0.1, 0.15) is 18.2 Å². The fraction of sp³-hybridized carbons (Fsp3) is 0.538. The van der Waals surface area contributed by atoms with Crippen LogP contribution >= 0.6 is 0 Å². The number of rotatable bonds is 5. The van der Waals surface area contributed by atoms with Gasteiger partial charge in [-0.15, -0.1) is 0 Å². The summed E-state index contributed by atoms with van der Waals surface area (Å²) in [5.41, 5.74) is 0. The third-order valence-corrected chi connectivity index (χ3v) is 3.13. The molecule has 1 unspecified atom stereocenters. The van der Waals surface area contributed by atoms with Gasteiger partial charge < -0.3 is 15.2 Å². The van der Waals surface area contributed by atoms with Gasteiger partial charge in [0.25, 0.3) is 0 Å². The van der Waals surface area contributed by atoms with Gasteiger partial charge >= 0.3 is 0 Å². The van der Waals surface area contributed by atoms with Crippen LogP contribution in [0.1, 0.15) is 0 Å². The molecule has 0 saturated carbocycles. The van der Waals surface area contributed by atoms with E-state index in [0.29, 0.717) is 12.4 Å². The Hall–Kier alpha value is -1.17. The second-order valence-electron chi connectivity index (χ2n) is 4.39. The summed E-state index contributed by atoms with van der Waals surface area (Å²) in [6.07, 6.45) is 0. The zero-order chi connectivity index (χ0) is 12.8. The van der Waals surface area contributed by atoms with E-state index in [9.17, 15) is 9.50 Å². The Bertz CT molecular complexity index is 353. The van der Waals surface area contributed by atoms with Crippen molar-refractivity contribution in [2.24, 2.45) is 0 Å². The molecular formula is C13H19FN2O2. The maximum atomic E-state index is 12.7. The summed E-state index contributed by atoms with van der Waals surface area (Å²) in [7, 11) is 0. The van der Waals surface area contributed by atoms with Crippen molar-refractivity contribution in [3.8, 4) is 5.75 Å². The maximum absolute atomic E-state index is 12.7. The molecule has 0 bridgehead atoms. The van der Waals surface area contributed by atoms with Gasteiger partial charge in [-0.05, 0) is 24.3 Å². The third-order valence-electron chi connectivity index (χ3n) is 3.13. The van der Waals surface area contributed by atoms with Crippen molar-refractivity contribution in [3.63, 3.8) is 0 Å². The minimum absolute atomic E-state index is 0.00264. The second kappa shape index (κ2) is 6.68. The van der Waals surface area contributed by atoms with Gasteiger partial charge in [0.15, 0.2) is 0 Å². The molecule has 1 aromatic carbocycles. The molecule has 1 aromatic rings. The van der Waals surface area contributed by atoms with E-state index in [1.807, 2.05) is 0 Å². The summed E-state index contributed by atoms with van der Waals surface area (Å²) in [5, 5.41) is 12.7. The first-order valence-corrected chi connectivity index (χ1v) is 6.23. The molecule has 0 spiro atoms. The van der Waals surface area contributed by atoms with Crippen LogP contribution in [0.4, 0.5) is 4.39 Å². The smallest absolute Gasteiger partial charge is 0.123 e. The fourth-order valence-electron chi connectivity index (χ4n) is 2.04. The Balaban J connectivity index is 1.84. The summed E-state index contributed by atoms with van der Waals surface area (Å²) in [6, 6.07) is 5.93. The Morgan fingerprint density at radius 3 is 2.56 bits per heavy atom. The zero-order valence-corrected chi connectivity index (χ0v) is 10.3. The van der Waals surface area contributed by atoms with E-state index in [1.165, 1.54) is 12.1 Å². The Morgan fingerprint density at radius 2 is 1.94 bits per heavy atom. The molecule has 1 aliphatic rings. The number of aliphatic hydroxyl groups excluding tert-OH is 1. The number of nitrogens with zero attached hydrogens (tertiary/aromatic N) is 1. The van der Waals surface area contributed by atoms with E-state index >= 15 is 0 Å². The molecule has 1 aliphatic heterocycles. The molecule has 2 rings (SSSR count). The number of nitrogens with one attached hydrogen (secondary N) is 1.